The van der Waals surface area contributed by atoms with Crippen molar-refractivity contribution >= 4 is 40.4 Å². The van der Waals surface area contributed by atoms with Crippen LogP contribution in [0.4, 0.5) is 11.4 Å². The summed E-state index contributed by atoms with van der Waals surface area (Å²) in [4.78, 5) is 30.5. The molecule has 1 heterocycles. The van der Waals surface area contributed by atoms with E-state index in [-0.39, 0.29) is 11.3 Å². The van der Waals surface area contributed by atoms with Crippen molar-refractivity contribution in [1.82, 2.24) is 0 Å². The molecule has 8 heteroatoms. The lowest BCUT2D eigenvalue weighted by Gasteiger charge is -2.27. The smallest absolute Gasteiger partial charge is 0.300 e. The van der Waals surface area contributed by atoms with Gasteiger partial charge < -0.3 is 19.5 Å². The van der Waals surface area contributed by atoms with E-state index in [2.05, 4.69) is 18.7 Å². The fourth-order valence-corrected chi connectivity index (χ4v) is 4.84. The predicted octanol–water partition coefficient (Wildman–Crippen LogP) is 5.83. The molecule has 4 rings (SSSR count). The Balaban J connectivity index is 1.94. The summed E-state index contributed by atoms with van der Waals surface area (Å²) >= 11 is 6.17. The average molecular weight is 521 g/mol. The van der Waals surface area contributed by atoms with Gasteiger partial charge in [0.2, 0.25) is 0 Å². The number of aliphatic hydroxyl groups excluding tert-OH is 1. The summed E-state index contributed by atoms with van der Waals surface area (Å²) in [5.74, 6) is -1.10. The van der Waals surface area contributed by atoms with Gasteiger partial charge in [-0.2, -0.15) is 0 Å². The molecule has 1 fully saturated rings. The maximum Gasteiger partial charge on any atom is 0.300 e. The molecule has 1 saturated heterocycles. The number of halogens is 1. The van der Waals surface area contributed by atoms with Crippen molar-refractivity contribution in [1.29, 1.82) is 0 Å². The van der Waals surface area contributed by atoms with Crippen LogP contribution in [0.1, 0.15) is 31.0 Å². The van der Waals surface area contributed by atoms with Crippen LogP contribution in [0.3, 0.4) is 0 Å². The highest BCUT2D eigenvalue weighted by Gasteiger charge is 2.47. The van der Waals surface area contributed by atoms with Gasteiger partial charge in [0.1, 0.15) is 17.3 Å². The minimum absolute atomic E-state index is 0.0316. The summed E-state index contributed by atoms with van der Waals surface area (Å²) in [6, 6.07) is 18.5. The van der Waals surface area contributed by atoms with Crippen LogP contribution in [0.15, 0.2) is 72.3 Å². The molecule has 1 N–H and O–H groups in total. The lowest BCUT2D eigenvalue weighted by atomic mass is 9.94. The number of carbonyl (C=O) groups is 2. The third-order valence-corrected chi connectivity index (χ3v) is 6.86. The van der Waals surface area contributed by atoms with E-state index < -0.39 is 17.7 Å². The highest BCUT2D eigenvalue weighted by molar-refractivity contribution is 6.52. The van der Waals surface area contributed by atoms with E-state index in [0.29, 0.717) is 33.3 Å². The van der Waals surface area contributed by atoms with Crippen molar-refractivity contribution in [2.45, 2.75) is 19.9 Å². The lowest BCUT2D eigenvalue weighted by Crippen LogP contribution is -2.30. The number of amides is 1. The minimum Gasteiger partial charge on any atom is -0.507 e. The van der Waals surface area contributed by atoms with Crippen LogP contribution < -0.4 is 19.3 Å². The zero-order valence-corrected chi connectivity index (χ0v) is 22.0. The van der Waals surface area contributed by atoms with E-state index in [9.17, 15) is 14.7 Å². The molecule has 3 aromatic carbocycles. The van der Waals surface area contributed by atoms with Crippen LogP contribution in [0.2, 0.25) is 5.02 Å². The molecular formula is C29H29ClN2O5. The number of hydrogen-bond acceptors (Lipinski definition) is 6. The number of ether oxygens (including phenoxy) is 2. The number of carbonyl (C=O) groups excluding carboxylic acids is 2. The Hall–Kier alpha value is -3.97. The summed E-state index contributed by atoms with van der Waals surface area (Å²) in [5.41, 5.74) is 2.39. The van der Waals surface area contributed by atoms with Crippen molar-refractivity contribution in [2.24, 2.45) is 0 Å². The maximum absolute atomic E-state index is 13.5. The number of rotatable bonds is 8. The largest absolute Gasteiger partial charge is 0.507 e. The molecule has 0 aromatic heterocycles. The zero-order valence-electron chi connectivity index (χ0n) is 21.2. The van der Waals surface area contributed by atoms with Crippen LogP contribution in [-0.4, -0.2) is 44.1 Å². The third kappa shape index (κ3) is 4.74. The molecule has 0 spiro atoms. The van der Waals surface area contributed by atoms with E-state index in [0.717, 1.165) is 18.8 Å². The van der Waals surface area contributed by atoms with Gasteiger partial charge in [-0.3, -0.25) is 14.5 Å². The Bertz CT molecular complexity index is 1350. The molecule has 3 aromatic rings. The molecular weight excluding hydrogens is 492 g/mol. The first-order valence-electron chi connectivity index (χ1n) is 12.0. The second-order valence-corrected chi connectivity index (χ2v) is 8.86. The molecule has 37 heavy (non-hydrogen) atoms. The molecule has 1 aliphatic heterocycles. The normalized spacial score (nSPS) is 16.7. The molecule has 1 aliphatic rings. The van der Waals surface area contributed by atoms with Crippen molar-refractivity contribution in [2.75, 3.05) is 37.1 Å². The van der Waals surface area contributed by atoms with Crippen LogP contribution in [0, 0.1) is 0 Å². The fourth-order valence-electron chi connectivity index (χ4n) is 4.64. The first-order chi connectivity index (χ1) is 17.9. The molecule has 0 radical (unpaired) electrons. The minimum atomic E-state index is -0.885. The van der Waals surface area contributed by atoms with E-state index in [1.54, 1.807) is 36.4 Å². The Labute approximate surface area is 221 Å². The van der Waals surface area contributed by atoms with E-state index in [4.69, 9.17) is 21.1 Å². The van der Waals surface area contributed by atoms with Crippen molar-refractivity contribution in [3.8, 4) is 11.5 Å². The van der Waals surface area contributed by atoms with Gasteiger partial charge in [0, 0.05) is 24.3 Å². The fraction of sp³-hybridized carbons (Fsp3) is 0.241. The Morgan fingerprint density at radius 2 is 1.59 bits per heavy atom. The molecule has 0 aliphatic carbocycles. The van der Waals surface area contributed by atoms with Gasteiger partial charge in [-0.25, -0.2) is 0 Å². The average Bonchev–Trinajstić information content (AvgIpc) is 3.19. The van der Waals surface area contributed by atoms with Gasteiger partial charge in [0.05, 0.1) is 36.5 Å². The van der Waals surface area contributed by atoms with Crippen molar-refractivity contribution in [3.63, 3.8) is 0 Å². The lowest BCUT2D eigenvalue weighted by molar-refractivity contribution is -0.132. The number of aliphatic hydroxyl groups is 1. The molecule has 1 atom stereocenters. The number of ketones is 1. The zero-order chi connectivity index (χ0) is 26.7. The van der Waals surface area contributed by atoms with Gasteiger partial charge in [0.25, 0.3) is 11.7 Å². The van der Waals surface area contributed by atoms with Crippen LogP contribution in [0.25, 0.3) is 5.76 Å². The first-order valence-corrected chi connectivity index (χ1v) is 12.4. The van der Waals surface area contributed by atoms with Crippen LogP contribution in [0.5, 0.6) is 11.5 Å². The van der Waals surface area contributed by atoms with Crippen LogP contribution >= 0.6 is 11.6 Å². The number of benzene rings is 3. The van der Waals surface area contributed by atoms with Crippen molar-refractivity contribution < 1.29 is 24.2 Å². The van der Waals surface area contributed by atoms with Crippen LogP contribution in [-0.2, 0) is 9.59 Å². The quantitative estimate of drug-likeness (QED) is 0.229. The number of methoxy groups -OCH3 is 2. The predicted molar refractivity (Wildman–Crippen MR) is 146 cm³/mol. The number of anilines is 2. The summed E-state index contributed by atoms with van der Waals surface area (Å²) < 4.78 is 10.8. The standard InChI is InChI=1S/C29H29ClN2O5/c1-5-31(6-2)20-14-11-18(12-15-20)26-25(27(33)19-13-16-21(30)24(17-19)37-4)28(34)29(35)32(26)22-9-7-8-10-23(22)36-3/h7-17,26,33H,5-6H2,1-4H3/b27-25-. The third-order valence-electron chi connectivity index (χ3n) is 6.55. The Kier molecular flexibility index (Phi) is 7.74. The summed E-state index contributed by atoms with van der Waals surface area (Å²) in [6.07, 6.45) is 0. The maximum atomic E-state index is 13.5. The van der Waals surface area contributed by atoms with Crippen molar-refractivity contribution in [3.05, 3.63) is 88.5 Å². The van der Waals surface area contributed by atoms with Gasteiger partial charge in [-0.1, -0.05) is 35.9 Å². The monoisotopic (exact) mass is 520 g/mol. The number of Topliss-reactive ketones (excluding diaryl/α,β-unsaturated/α-hetero) is 1. The van der Waals surface area contributed by atoms with Gasteiger partial charge >= 0.3 is 0 Å². The topological polar surface area (TPSA) is 79.3 Å². The SMILES string of the molecule is CCN(CC)c1ccc(C2/C(=C(/O)c3ccc(Cl)c(OC)c3)C(=O)C(=O)N2c2ccccc2OC)cc1. The molecule has 7 nitrogen and oxygen atoms in total. The van der Waals surface area contributed by atoms with Gasteiger partial charge in [-0.05, 0) is 61.9 Å². The summed E-state index contributed by atoms with van der Waals surface area (Å²) in [5, 5.41) is 11.8. The van der Waals surface area contributed by atoms with E-state index in [1.165, 1.54) is 25.2 Å². The molecule has 1 unspecified atom stereocenters. The van der Waals surface area contributed by atoms with Gasteiger partial charge in [0.15, 0.2) is 0 Å². The summed E-state index contributed by atoms with van der Waals surface area (Å²) in [6.45, 7) is 5.84. The second kappa shape index (κ2) is 11.0. The molecule has 1 amide bonds. The highest BCUT2D eigenvalue weighted by Crippen LogP contribution is 2.45. The van der Waals surface area contributed by atoms with E-state index >= 15 is 0 Å². The van der Waals surface area contributed by atoms with E-state index in [1.807, 2.05) is 24.3 Å². The number of para-hydroxylation sites is 2. The Morgan fingerprint density at radius 1 is 0.946 bits per heavy atom. The molecule has 192 valence electrons. The molecule has 0 saturated carbocycles. The number of hydrogen-bond donors (Lipinski definition) is 1. The van der Waals surface area contributed by atoms with Gasteiger partial charge in [-0.15, -0.1) is 0 Å². The number of nitrogens with zero attached hydrogens (tertiary/aromatic N) is 2. The highest BCUT2D eigenvalue weighted by atomic mass is 35.5. The second-order valence-electron chi connectivity index (χ2n) is 8.45. The summed E-state index contributed by atoms with van der Waals surface area (Å²) in [7, 11) is 2.96. The molecule has 0 bridgehead atoms. The first kappa shape index (κ1) is 26.1. The Morgan fingerprint density at radius 3 is 2.22 bits per heavy atom.